The molecule has 1 aromatic heterocycles. The number of fused-ring (bicyclic) bond motifs is 2. The number of ether oxygens (including phenoxy) is 1. The van der Waals surface area contributed by atoms with Gasteiger partial charge in [0.05, 0.1) is 12.2 Å². The molecule has 1 amide bonds. The summed E-state index contributed by atoms with van der Waals surface area (Å²) < 4.78 is 5.69. The molecular weight excluding hydrogens is 234 g/mol. The lowest BCUT2D eigenvalue weighted by Gasteiger charge is -2.31. The highest BCUT2D eigenvalue weighted by atomic mass is 16.5. The van der Waals surface area contributed by atoms with E-state index in [1.54, 1.807) is 17.0 Å². The Labute approximate surface area is 104 Å². The number of hydrazine groups is 1. The first-order chi connectivity index (χ1) is 8.76. The van der Waals surface area contributed by atoms with Crippen molar-refractivity contribution in [1.82, 2.24) is 15.1 Å². The molecule has 0 saturated carbocycles. The fourth-order valence-electron chi connectivity index (χ4n) is 2.47. The topological polar surface area (TPSA) is 93.4 Å². The van der Waals surface area contributed by atoms with Crippen LogP contribution in [0.15, 0.2) is 12.1 Å². The predicted octanol–water partition coefficient (Wildman–Crippen LogP) is -0.234. The average Bonchev–Trinajstić information content (AvgIpc) is 2.77. The highest BCUT2D eigenvalue weighted by Gasteiger charge is 2.36. The van der Waals surface area contributed by atoms with E-state index < -0.39 is 0 Å². The average molecular weight is 249 g/mol. The Bertz CT molecular complexity index is 437. The van der Waals surface area contributed by atoms with E-state index in [9.17, 15) is 4.79 Å². The molecule has 2 saturated heterocycles. The summed E-state index contributed by atoms with van der Waals surface area (Å²) in [5, 5.41) is 7.67. The van der Waals surface area contributed by atoms with Crippen LogP contribution in [0.4, 0.5) is 5.82 Å². The molecule has 2 fully saturated rings. The molecule has 3 heterocycles. The molecule has 3 N–H and O–H groups in total. The maximum atomic E-state index is 12.2. The van der Waals surface area contributed by atoms with Gasteiger partial charge >= 0.3 is 0 Å². The van der Waals surface area contributed by atoms with Crippen molar-refractivity contribution in [2.24, 2.45) is 5.84 Å². The molecule has 7 heteroatoms. The summed E-state index contributed by atoms with van der Waals surface area (Å²) in [5.41, 5.74) is 2.72. The van der Waals surface area contributed by atoms with Crippen molar-refractivity contribution in [2.75, 3.05) is 18.5 Å². The maximum Gasteiger partial charge on any atom is 0.274 e. The SMILES string of the molecule is NNc1ccc(C(=O)N2CC3CCC(C2)O3)nn1. The first-order valence-electron chi connectivity index (χ1n) is 6.01. The van der Waals surface area contributed by atoms with Crippen molar-refractivity contribution < 1.29 is 9.53 Å². The van der Waals surface area contributed by atoms with Crippen molar-refractivity contribution >= 4 is 11.7 Å². The van der Waals surface area contributed by atoms with Crippen molar-refractivity contribution in [3.8, 4) is 0 Å². The number of aromatic nitrogens is 2. The normalized spacial score (nSPS) is 26.2. The second-order valence-electron chi connectivity index (χ2n) is 4.62. The fraction of sp³-hybridized carbons (Fsp3) is 0.545. The lowest BCUT2D eigenvalue weighted by Crippen LogP contribution is -2.46. The number of nitrogens with one attached hydrogen (secondary N) is 1. The molecule has 2 atom stereocenters. The van der Waals surface area contributed by atoms with Gasteiger partial charge in [-0.15, -0.1) is 10.2 Å². The monoisotopic (exact) mass is 249 g/mol. The van der Waals surface area contributed by atoms with E-state index in [4.69, 9.17) is 10.6 Å². The smallest absolute Gasteiger partial charge is 0.274 e. The molecular formula is C11H15N5O2. The molecule has 7 nitrogen and oxygen atoms in total. The van der Waals surface area contributed by atoms with Crippen LogP contribution in [0.25, 0.3) is 0 Å². The van der Waals surface area contributed by atoms with Crippen molar-refractivity contribution in [3.63, 3.8) is 0 Å². The van der Waals surface area contributed by atoms with Gasteiger partial charge in [-0.3, -0.25) is 4.79 Å². The van der Waals surface area contributed by atoms with Gasteiger partial charge in [0, 0.05) is 13.1 Å². The van der Waals surface area contributed by atoms with Gasteiger partial charge in [-0.05, 0) is 25.0 Å². The first-order valence-corrected chi connectivity index (χ1v) is 6.01. The van der Waals surface area contributed by atoms with Gasteiger partial charge in [0.25, 0.3) is 5.91 Å². The molecule has 2 unspecified atom stereocenters. The summed E-state index contributed by atoms with van der Waals surface area (Å²) in [6, 6.07) is 3.26. The van der Waals surface area contributed by atoms with Crippen LogP contribution >= 0.6 is 0 Å². The Hall–Kier alpha value is -1.73. The number of anilines is 1. The maximum absolute atomic E-state index is 12.2. The van der Waals surface area contributed by atoms with Gasteiger partial charge in [-0.25, -0.2) is 5.84 Å². The van der Waals surface area contributed by atoms with E-state index >= 15 is 0 Å². The Morgan fingerprint density at radius 2 is 2.06 bits per heavy atom. The van der Waals surface area contributed by atoms with Crippen LogP contribution < -0.4 is 11.3 Å². The third-order valence-electron chi connectivity index (χ3n) is 3.36. The second-order valence-corrected chi connectivity index (χ2v) is 4.62. The van der Waals surface area contributed by atoms with Crippen LogP contribution in [0.3, 0.4) is 0 Å². The second kappa shape index (κ2) is 4.51. The molecule has 0 aliphatic carbocycles. The molecule has 96 valence electrons. The van der Waals surface area contributed by atoms with Gasteiger partial charge in [-0.1, -0.05) is 0 Å². The van der Waals surface area contributed by atoms with Gasteiger partial charge in [0.2, 0.25) is 0 Å². The third-order valence-corrected chi connectivity index (χ3v) is 3.36. The van der Waals surface area contributed by atoms with Gasteiger partial charge in [0.15, 0.2) is 11.5 Å². The summed E-state index contributed by atoms with van der Waals surface area (Å²) in [4.78, 5) is 14.0. The number of nitrogens with two attached hydrogens (primary N) is 1. The fourth-order valence-corrected chi connectivity index (χ4v) is 2.47. The zero-order valence-electron chi connectivity index (χ0n) is 9.87. The van der Waals surface area contributed by atoms with E-state index in [0.29, 0.717) is 24.6 Å². The number of morpholine rings is 1. The zero-order valence-corrected chi connectivity index (χ0v) is 9.87. The van der Waals surface area contributed by atoms with Crippen molar-refractivity contribution in [1.29, 1.82) is 0 Å². The number of carbonyl (C=O) groups excluding carboxylic acids is 1. The number of likely N-dealkylation sites (tertiary alicyclic amines) is 1. The van der Waals surface area contributed by atoms with E-state index in [0.717, 1.165) is 12.8 Å². The van der Waals surface area contributed by atoms with Crippen LogP contribution in [0.5, 0.6) is 0 Å². The van der Waals surface area contributed by atoms with Crippen LogP contribution in [-0.2, 0) is 4.74 Å². The molecule has 0 aromatic carbocycles. The van der Waals surface area contributed by atoms with E-state index in [2.05, 4.69) is 15.6 Å². The minimum absolute atomic E-state index is 0.0914. The van der Waals surface area contributed by atoms with Crippen LogP contribution in [0.2, 0.25) is 0 Å². The minimum atomic E-state index is -0.0914. The summed E-state index contributed by atoms with van der Waals surface area (Å²) in [7, 11) is 0. The van der Waals surface area contributed by atoms with Gasteiger partial charge in [0.1, 0.15) is 0 Å². The molecule has 0 spiro atoms. The lowest BCUT2D eigenvalue weighted by atomic mass is 10.2. The largest absolute Gasteiger partial charge is 0.371 e. The predicted molar refractivity (Wildman–Crippen MR) is 63.6 cm³/mol. The highest BCUT2D eigenvalue weighted by molar-refractivity contribution is 5.92. The summed E-state index contributed by atoms with van der Waals surface area (Å²) >= 11 is 0. The van der Waals surface area contributed by atoms with E-state index in [1.807, 2.05) is 0 Å². The Morgan fingerprint density at radius 1 is 1.33 bits per heavy atom. The quantitative estimate of drug-likeness (QED) is 0.555. The molecule has 2 aliphatic heterocycles. The summed E-state index contributed by atoms with van der Waals surface area (Å²) in [5.74, 6) is 5.55. The number of amides is 1. The highest BCUT2D eigenvalue weighted by Crippen LogP contribution is 2.26. The van der Waals surface area contributed by atoms with E-state index in [-0.39, 0.29) is 18.1 Å². The Kier molecular flexibility index (Phi) is 2.85. The zero-order chi connectivity index (χ0) is 12.5. The van der Waals surface area contributed by atoms with E-state index in [1.165, 1.54) is 0 Å². The Balaban J connectivity index is 1.73. The molecule has 3 rings (SSSR count). The van der Waals surface area contributed by atoms with Gasteiger partial charge in [-0.2, -0.15) is 0 Å². The molecule has 2 bridgehead atoms. The number of hydrogen-bond acceptors (Lipinski definition) is 6. The molecule has 0 radical (unpaired) electrons. The van der Waals surface area contributed by atoms with Crippen molar-refractivity contribution in [3.05, 3.63) is 17.8 Å². The number of hydrogen-bond donors (Lipinski definition) is 2. The van der Waals surface area contributed by atoms with Crippen LogP contribution in [0.1, 0.15) is 23.3 Å². The number of nitrogens with zero attached hydrogens (tertiary/aromatic N) is 3. The van der Waals surface area contributed by atoms with Crippen LogP contribution in [-0.4, -0.2) is 46.3 Å². The summed E-state index contributed by atoms with van der Waals surface area (Å²) in [6.45, 7) is 1.29. The number of carbonyl (C=O) groups is 1. The third kappa shape index (κ3) is 2.02. The molecule has 18 heavy (non-hydrogen) atoms. The Morgan fingerprint density at radius 3 is 2.61 bits per heavy atom. The van der Waals surface area contributed by atoms with Crippen LogP contribution in [0, 0.1) is 0 Å². The van der Waals surface area contributed by atoms with Gasteiger partial charge < -0.3 is 15.1 Å². The first kappa shape index (κ1) is 11.4. The van der Waals surface area contributed by atoms with Crippen molar-refractivity contribution in [2.45, 2.75) is 25.0 Å². The summed E-state index contributed by atoms with van der Waals surface area (Å²) in [6.07, 6.45) is 2.45. The molecule has 2 aliphatic rings. The minimum Gasteiger partial charge on any atom is -0.371 e. The molecule has 1 aromatic rings. The number of nitrogen functional groups attached to an aromatic ring is 1. The number of rotatable bonds is 2. The standard InChI is InChI=1S/C11H15N5O2/c12-13-10-4-3-9(14-15-10)11(17)16-5-7-1-2-8(6-16)18-7/h3-4,7-8H,1-2,5-6,12H2,(H,13,15). The lowest BCUT2D eigenvalue weighted by molar-refractivity contribution is -0.0305.